The first kappa shape index (κ1) is 13.5. The van der Waals surface area contributed by atoms with Crippen LogP contribution in [-0.4, -0.2) is 5.11 Å². The maximum absolute atomic E-state index is 13.9. The molecule has 0 aromatic heterocycles. The van der Waals surface area contributed by atoms with Crippen LogP contribution in [0.2, 0.25) is 0 Å². The molecule has 0 amide bonds. The Kier molecular flexibility index (Phi) is 4.35. The number of rotatable bonds is 3. The Morgan fingerprint density at radius 3 is 2.50 bits per heavy atom. The minimum Gasteiger partial charge on any atom is -0.388 e. The number of aryl methyl sites for hydroxylation is 1. The molecule has 0 bridgehead atoms. The molecule has 0 spiro atoms. The first-order chi connectivity index (χ1) is 8.58. The summed E-state index contributed by atoms with van der Waals surface area (Å²) in [5.74, 6) is -0.310. The number of aliphatic hydroxyl groups excluding tert-OH is 1. The van der Waals surface area contributed by atoms with Gasteiger partial charge in [-0.15, -0.1) is 0 Å². The largest absolute Gasteiger partial charge is 0.388 e. The van der Waals surface area contributed by atoms with Crippen molar-refractivity contribution in [3.05, 3.63) is 68.5 Å². The van der Waals surface area contributed by atoms with Crippen LogP contribution in [-0.2, 0) is 6.42 Å². The Hall–Kier alpha value is -0.940. The van der Waals surface area contributed by atoms with E-state index in [1.807, 2.05) is 24.3 Å². The molecule has 2 aromatic carbocycles. The van der Waals surface area contributed by atoms with Gasteiger partial charge >= 0.3 is 0 Å². The number of halogens is 2. The molecule has 2 rings (SSSR count). The van der Waals surface area contributed by atoms with Gasteiger partial charge in [-0.05, 0) is 52.8 Å². The van der Waals surface area contributed by atoms with Crippen LogP contribution < -0.4 is 0 Å². The second-order valence-electron chi connectivity index (χ2n) is 4.32. The quantitative estimate of drug-likeness (QED) is 0.824. The lowest BCUT2D eigenvalue weighted by Crippen LogP contribution is -2.05. The molecule has 1 N–H and O–H groups in total. The van der Waals surface area contributed by atoms with Crippen LogP contribution in [0, 0.1) is 16.3 Å². The molecule has 0 saturated heterocycles. The summed E-state index contributed by atoms with van der Waals surface area (Å²) in [7, 11) is 0. The minimum atomic E-state index is -0.801. The van der Waals surface area contributed by atoms with Crippen molar-refractivity contribution in [2.45, 2.75) is 19.4 Å². The Labute approximate surface area is 120 Å². The van der Waals surface area contributed by atoms with Gasteiger partial charge in [-0.3, -0.25) is 0 Å². The monoisotopic (exact) mass is 356 g/mol. The molecule has 1 nitrogen and oxygen atoms in total. The average molecular weight is 356 g/mol. The Morgan fingerprint density at radius 1 is 1.17 bits per heavy atom. The van der Waals surface area contributed by atoms with Crippen LogP contribution in [0.3, 0.4) is 0 Å². The highest BCUT2D eigenvalue weighted by molar-refractivity contribution is 14.1. The molecule has 0 saturated carbocycles. The van der Waals surface area contributed by atoms with Gasteiger partial charge in [-0.1, -0.05) is 30.3 Å². The third kappa shape index (κ3) is 3.09. The van der Waals surface area contributed by atoms with E-state index in [2.05, 4.69) is 22.6 Å². The minimum absolute atomic E-state index is 0.310. The van der Waals surface area contributed by atoms with Crippen molar-refractivity contribution in [3.8, 4) is 0 Å². The van der Waals surface area contributed by atoms with Crippen molar-refractivity contribution in [1.29, 1.82) is 0 Å². The molecular formula is C15H14FIO. The molecule has 0 radical (unpaired) electrons. The molecule has 1 unspecified atom stereocenters. The van der Waals surface area contributed by atoms with Crippen molar-refractivity contribution < 1.29 is 9.50 Å². The normalized spacial score (nSPS) is 12.4. The van der Waals surface area contributed by atoms with Gasteiger partial charge < -0.3 is 5.11 Å². The van der Waals surface area contributed by atoms with Crippen molar-refractivity contribution in [2.75, 3.05) is 0 Å². The van der Waals surface area contributed by atoms with Crippen LogP contribution in [0.5, 0.6) is 0 Å². The highest BCUT2D eigenvalue weighted by Crippen LogP contribution is 2.23. The fourth-order valence-electron chi connectivity index (χ4n) is 1.88. The van der Waals surface area contributed by atoms with E-state index in [1.165, 1.54) is 0 Å². The first-order valence-corrected chi connectivity index (χ1v) is 6.83. The number of hydrogen-bond donors (Lipinski definition) is 1. The summed E-state index contributed by atoms with van der Waals surface area (Å²) in [5.41, 5.74) is 1.94. The standard InChI is InChI=1S/C15H14FIO/c1-10-3-2-4-13(15(10)16)14(18)9-11-5-7-12(17)8-6-11/h2-8,14,18H,9H2,1H3. The van der Waals surface area contributed by atoms with Crippen molar-refractivity contribution >= 4 is 22.6 Å². The number of aliphatic hydroxyl groups is 1. The summed E-state index contributed by atoms with van der Waals surface area (Å²) < 4.78 is 15.0. The molecule has 2 aromatic rings. The Bertz CT molecular complexity index is 537. The zero-order chi connectivity index (χ0) is 13.1. The molecule has 0 fully saturated rings. The molecule has 94 valence electrons. The first-order valence-electron chi connectivity index (χ1n) is 5.75. The van der Waals surface area contributed by atoms with Gasteiger partial charge in [0.15, 0.2) is 0 Å². The van der Waals surface area contributed by atoms with Crippen molar-refractivity contribution in [2.24, 2.45) is 0 Å². The number of hydrogen-bond acceptors (Lipinski definition) is 1. The van der Waals surface area contributed by atoms with E-state index in [0.29, 0.717) is 17.5 Å². The molecule has 1 atom stereocenters. The van der Waals surface area contributed by atoms with Gasteiger partial charge in [0.25, 0.3) is 0 Å². The van der Waals surface area contributed by atoms with Gasteiger partial charge in [0.2, 0.25) is 0 Å². The Balaban J connectivity index is 2.19. The predicted octanol–water partition coefficient (Wildman–Crippen LogP) is 4.01. The van der Waals surface area contributed by atoms with E-state index in [1.54, 1.807) is 25.1 Å². The van der Waals surface area contributed by atoms with Crippen LogP contribution in [0.4, 0.5) is 4.39 Å². The summed E-state index contributed by atoms with van der Waals surface area (Å²) >= 11 is 2.23. The number of benzene rings is 2. The fraction of sp³-hybridized carbons (Fsp3) is 0.200. The topological polar surface area (TPSA) is 20.2 Å². The fourth-order valence-corrected chi connectivity index (χ4v) is 2.24. The smallest absolute Gasteiger partial charge is 0.131 e. The van der Waals surface area contributed by atoms with Gasteiger partial charge in [-0.2, -0.15) is 0 Å². The molecule has 0 aliphatic rings. The third-order valence-electron chi connectivity index (χ3n) is 2.92. The Morgan fingerprint density at radius 2 is 1.83 bits per heavy atom. The van der Waals surface area contributed by atoms with Gasteiger partial charge in [0.1, 0.15) is 5.82 Å². The summed E-state index contributed by atoms with van der Waals surface area (Å²) in [5, 5.41) is 10.1. The highest BCUT2D eigenvalue weighted by Gasteiger charge is 2.14. The molecule has 0 aliphatic carbocycles. The summed E-state index contributed by atoms with van der Waals surface area (Å²) in [6, 6.07) is 13.0. The van der Waals surface area contributed by atoms with Crippen molar-refractivity contribution in [3.63, 3.8) is 0 Å². The zero-order valence-corrected chi connectivity index (χ0v) is 12.2. The lowest BCUT2D eigenvalue weighted by atomic mass is 9.99. The lowest BCUT2D eigenvalue weighted by Gasteiger charge is -2.13. The summed E-state index contributed by atoms with van der Waals surface area (Å²) in [6.07, 6.45) is -0.373. The van der Waals surface area contributed by atoms with Crippen molar-refractivity contribution in [1.82, 2.24) is 0 Å². The SMILES string of the molecule is Cc1cccc(C(O)Cc2ccc(I)cc2)c1F. The second kappa shape index (κ2) is 5.80. The summed E-state index contributed by atoms with van der Waals surface area (Å²) in [6.45, 7) is 1.70. The second-order valence-corrected chi connectivity index (χ2v) is 5.57. The van der Waals surface area contributed by atoms with E-state index in [4.69, 9.17) is 0 Å². The van der Waals surface area contributed by atoms with Crippen LogP contribution in [0.25, 0.3) is 0 Å². The van der Waals surface area contributed by atoms with Gasteiger partial charge in [-0.25, -0.2) is 4.39 Å². The van der Waals surface area contributed by atoms with Gasteiger partial charge in [0, 0.05) is 15.6 Å². The highest BCUT2D eigenvalue weighted by atomic mass is 127. The van der Waals surface area contributed by atoms with E-state index >= 15 is 0 Å². The van der Waals surface area contributed by atoms with Crippen LogP contribution in [0.1, 0.15) is 22.8 Å². The van der Waals surface area contributed by atoms with Crippen LogP contribution in [0.15, 0.2) is 42.5 Å². The van der Waals surface area contributed by atoms with E-state index in [9.17, 15) is 9.50 Å². The lowest BCUT2D eigenvalue weighted by molar-refractivity contribution is 0.173. The van der Waals surface area contributed by atoms with E-state index in [-0.39, 0.29) is 5.82 Å². The van der Waals surface area contributed by atoms with Gasteiger partial charge in [0.05, 0.1) is 6.10 Å². The van der Waals surface area contributed by atoms with E-state index < -0.39 is 6.10 Å². The maximum Gasteiger partial charge on any atom is 0.131 e. The van der Waals surface area contributed by atoms with E-state index in [0.717, 1.165) is 9.13 Å². The maximum atomic E-state index is 13.9. The molecule has 0 aliphatic heterocycles. The molecule has 0 heterocycles. The molecule has 18 heavy (non-hydrogen) atoms. The average Bonchev–Trinajstić information content (AvgIpc) is 2.35. The zero-order valence-electron chi connectivity index (χ0n) is 10.0. The predicted molar refractivity (Wildman–Crippen MR) is 79.0 cm³/mol. The van der Waals surface area contributed by atoms with Crippen LogP contribution >= 0.6 is 22.6 Å². The summed E-state index contributed by atoms with van der Waals surface area (Å²) in [4.78, 5) is 0. The molecule has 3 heteroatoms. The third-order valence-corrected chi connectivity index (χ3v) is 3.64. The molecular weight excluding hydrogens is 342 g/mol.